The molecule has 0 aliphatic carbocycles. The Morgan fingerprint density at radius 1 is 1.54 bits per heavy atom. The van der Waals surface area contributed by atoms with Crippen molar-refractivity contribution in [3.8, 4) is 0 Å². The van der Waals surface area contributed by atoms with E-state index in [0.29, 0.717) is 5.15 Å². The van der Waals surface area contributed by atoms with E-state index in [1.54, 1.807) is 6.07 Å². The largest absolute Gasteiger partial charge is 0.370 e. The van der Waals surface area contributed by atoms with Gasteiger partial charge in [0.2, 0.25) is 0 Å². The molecule has 3 nitrogen and oxygen atoms in total. The lowest BCUT2D eigenvalue weighted by molar-refractivity contribution is 1.03. The lowest BCUT2D eigenvalue weighted by Crippen LogP contribution is -2.02. The third-order valence-corrected chi connectivity index (χ3v) is 1.69. The Morgan fingerprint density at radius 3 is 3.08 bits per heavy atom. The molecule has 1 heterocycles. The maximum absolute atomic E-state index is 5.68. The van der Waals surface area contributed by atoms with Crippen LogP contribution < -0.4 is 5.32 Å². The van der Waals surface area contributed by atoms with E-state index in [1.807, 2.05) is 13.0 Å². The second kappa shape index (κ2) is 5.54. The van der Waals surface area contributed by atoms with Crippen molar-refractivity contribution >= 4 is 17.4 Å². The van der Waals surface area contributed by atoms with E-state index < -0.39 is 0 Å². The van der Waals surface area contributed by atoms with Crippen LogP contribution in [0.3, 0.4) is 0 Å². The summed E-state index contributed by atoms with van der Waals surface area (Å²) in [5.41, 5.74) is 0. The number of nitrogens with one attached hydrogen (secondary N) is 1. The van der Waals surface area contributed by atoms with Crippen molar-refractivity contribution in [2.45, 2.75) is 13.3 Å². The average molecular weight is 198 g/mol. The highest BCUT2D eigenvalue weighted by Crippen LogP contribution is 2.07. The van der Waals surface area contributed by atoms with Gasteiger partial charge in [0.15, 0.2) is 0 Å². The summed E-state index contributed by atoms with van der Waals surface area (Å²) in [5.74, 6) is 0.768. The number of allylic oxidation sites excluding steroid dienone is 1. The molecular formula is C9H12ClN3. The summed E-state index contributed by atoms with van der Waals surface area (Å²) in [5, 5.41) is 3.60. The zero-order valence-electron chi connectivity index (χ0n) is 7.50. The van der Waals surface area contributed by atoms with Crippen molar-refractivity contribution in [3.05, 3.63) is 29.7 Å². The van der Waals surface area contributed by atoms with Crippen LogP contribution in [0, 0.1) is 0 Å². The predicted molar refractivity (Wildman–Crippen MR) is 55.0 cm³/mol. The second-order valence-electron chi connectivity index (χ2n) is 2.51. The average Bonchev–Trinajstić information content (AvgIpc) is 2.13. The second-order valence-corrected chi connectivity index (χ2v) is 2.90. The van der Waals surface area contributed by atoms with Crippen LogP contribution in [-0.2, 0) is 0 Å². The smallest absolute Gasteiger partial charge is 0.134 e. The molecule has 70 valence electrons. The predicted octanol–water partition coefficient (Wildman–Crippen LogP) is 2.51. The highest BCUT2D eigenvalue weighted by molar-refractivity contribution is 6.29. The van der Waals surface area contributed by atoms with Crippen molar-refractivity contribution in [1.29, 1.82) is 0 Å². The maximum atomic E-state index is 5.68. The Labute approximate surface area is 82.9 Å². The zero-order valence-corrected chi connectivity index (χ0v) is 8.25. The van der Waals surface area contributed by atoms with Gasteiger partial charge in [-0.05, 0) is 13.3 Å². The lowest BCUT2D eigenvalue weighted by Gasteiger charge is -2.02. The number of halogens is 1. The first-order valence-electron chi connectivity index (χ1n) is 4.15. The van der Waals surface area contributed by atoms with Crippen LogP contribution in [0.25, 0.3) is 0 Å². The summed E-state index contributed by atoms with van der Waals surface area (Å²) in [6.45, 7) is 2.86. The molecule has 1 N–H and O–H groups in total. The summed E-state index contributed by atoms with van der Waals surface area (Å²) >= 11 is 5.68. The van der Waals surface area contributed by atoms with E-state index in [4.69, 9.17) is 11.6 Å². The number of hydrogen-bond acceptors (Lipinski definition) is 3. The molecule has 0 aromatic carbocycles. The van der Waals surface area contributed by atoms with Gasteiger partial charge in [-0.25, -0.2) is 9.97 Å². The van der Waals surface area contributed by atoms with E-state index in [9.17, 15) is 0 Å². The fourth-order valence-corrected chi connectivity index (χ4v) is 1.03. The van der Waals surface area contributed by atoms with Crippen molar-refractivity contribution in [3.63, 3.8) is 0 Å². The lowest BCUT2D eigenvalue weighted by atomic mass is 10.4. The summed E-state index contributed by atoms with van der Waals surface area (Å²) in [7, 11) is 0. The minimum Gasteiger partial charge on any atom is -0.370 e. The maximum Gasteiger partial charge on any atom is 0.134 e. The highest BCUT2D eigenvalue weighted by atomic mass is 35.5. The fourth-order valence-electron chi connectivity index (χ4n) is 0.880. The van der Waals surface area contributed by atoms with Gasteiger partial charge in [0, 0.05) is 12.6 Å². The minimum absolute atomic E-state index is 0.462. The molecule has 0 radical (unpaired) electrons. The van der Waals surface area contributed by atoms with E-state index in [2.05, 4.69) is 21.4 Å². The van der Waals surface area contributed by atoms with E-state index in [1.165, 1.54) is 6.33 Å². The van der Waals surface area contributed by atoms with E-state index >= 15 is 0 Å². The number of rotatable bonds is 4. The topological polar surface area (TPSA) is 37.8 Å². The minimum atomic E-state index is 0.462. The number of hydrogen-bond donors (Lipinski definition) is 1. The van der Waals surface area contributed by atoms with Crippen LogP contribution in [0.5, 0.6) is 0 Å². The highest BCUT2D eigenvalue weighted by Gasteiger charge is 1.93. The van der Waals surface area contributed by atoms with Gasteiger partial charge in [-0.1, -0.05) is 23.8 Å². The first-order valence-corrected chi connectivity index (χ1v) is 4.53. The molecule has 0 fully saturated rings. The van der Waals surface area contributed by atoms with Crippen LogP contribution in [0.2, 0.25) is 5.15 Å². The van der Waals surface area contributed by atoms with Crippen molar-refractivity contribution in [2.75, 3.05) is 11.9 Å². The third kappa shape index (κ3) is 3.90. The number of anilines is 1. The molecule has 1 aromatic heterocycles. The fraction of sp³-hybridized carbons (Fsp3) is 0.333. The molecule has 0 aliphatic rings. The summed E-state index contributed by atoms with van der Waals surface area (Å²) in [4.78, 5) is 7.79. The molecule has 4 heteroatoms. The first kappa shape index (κ1) is 9.99. The Morgan fingerprint density at radius 2 is 2.38 bits per heavy atom. The molecule has 0 unspecified atom stereocenters. The van der Waals surface area contributed by atoms with Crippen LogP contribution in [0.15, 0.2) is 24.5 Å². The van der Waals surface area contributed by atoms with E-state index in [-0.39, 0.29) is 0 Å². The number of nitrogens with zero attached hydrogens (tertiary/aromatic N) is 2. The van der Waals surface area contributed by atoms with Crippen LogP contribution in [0.4, 0.5) is 5.82 Å². The van der Waals surface area contributed by atoms with Gasteiger partial charge >= 0.3 is 0 Å². The van der Waals surface area contributed by atoms with Crippen LogP contribution in [-0.4, -0.2) is 16.5 Å². The van der Waals surface area contributed by atoms with Gasteiger partial charge in [-0.2, -0.15) is 0 Å². The van der Waals surface area contributed by atoms with Gasteiger partial charge in [-0.3, -0.25) is 0 Å². The first-order chi connectivity index (χ1) is 6.33. The standard InChI is InChI=1S/C9H12ClN3/c1-2-3-4-5-11-9-6-8(10)12-7-13-9/h2-3,6-7H,4-5H2,1H3,(H,11,12,13)/b3-2+. The molecule has 0 saturated heterocycles. The molecule has 0 aliphatic heterocycles. The molecule has 0 atom stereocenters. The van der Waals surface area contributed by atoms with Crippen LogP contribution >= 0.6 is 11.6 Å². The Balaban J connectivity index is 2.36. The Kier molecular flexibility index (Phi) is 4.26. The van der Waals surface area contributed by atoms with Crippen molar-refractivity contribution in [2.24, 2.45) is 0 Å². The third-order valence-electron chi connectivity index (χ3n) is 1.49. The molecule has 0 bridgehead atoms. The van der Waals surface area contributed by atoms with Gasteiger partial charge in [0.1, 0.15) is 17.3 Å². The van der Waals surface area contributed by atoms with Crippen LogP contribution in [0.1, 0.15) is 13.3 Å². The summed E-state index contributed by atoms with van der Waals surface area (Å²) < 4.78 is 0. The normalized spacial score (nSPS) is 10.6. The molecule has 13 heavy (non-hydrogen) atoms. The van der Waals surface area contributed by atoms with Gasteiger partial charge in [-0.15, -0.1) is 0 Å². The SMILES string of the molecule is C/C=C/CCNc1cc(Cl)ncn1. The van der Waals surface area contributed by atoms with Gasteiger partial charge in [0.25, 0.3) is 0 Å². The molecular weight excluding hydrogens is 186 g/mol. The molecule has 0 saturated carbocycles. The summed E-state index contributed by atoms with van der Waals surface area (Å²) in [6, 6.07) is 1.71. The Bertz CT molecular complexity index is 286. The summed E-state index contributed by atoms with van der Waals surface area (Å²) in [6.07, 6.45) is 6.54. The van der Waals surface area contributed by atoms with Gasteiger partial charge < -0.3 is 5.32 Å². The molecule has 0 spiro atoms. The molecule has 1 aromatic rings. The molecule has 1 rings (SSSR count). The van der Waals surface area contributed by atoms with Gasteiger partial charge in [0.05, 0.1) is 0 Å². The zero-order chi connectivity index (χ0) is 9.52. The number of aromatic nitrogens is 2. The molecule has 0 amide bonds. The monoisotopic (exact) mass is 197 g/mol. The van der Waals surface area contributed by atoms with E-state index in [0.717, 1.165) is 18.8 Å². The Hall–Kier alpha value is -1.09. The quantitative estimate of drug-likeness (QED) is 0.458. The van der Waals surface area contributed by atoms with Crippen molar-refractivity contribution < 1.29 is 0 Å². The van der Waals surface area contributed by atoms with Crippen molar-refractivity contribution in [1.82, 2.24) is 9.97 Å².